The Morgan fingerprint density at radius 3 is 2.46 bits per heavy atom. The smallest absolute Gasteiger partial charge is 0.273 e. The van der Waals surface area contributed by atoms with E-state index in [0.717, 1.165) is 0 Å². The molecule has 0 aromatic heterocycles. The first-order valence-electron chi connectivity index (χ1n) is 6.54. The number of ether oxygens (including phenoxy) is 2. The molecular weight excluding hydrogens is 359 g/mol. The first-order valence-corrected chi connectivity index (χ1v) is 7.29. The fraction of sp³-hybridized carbons (Fsp3) is 0.133. The summed E-state index contributed by atoms with van der Waals surface area (Å²) in [6.45, 7) is 0. The van der Waals surface area contributed by atoms with Crippen LogP contribution in [0.2, 0.25) is 10.0 Å². The molecule has 7 nitrogen and oxygen atoms in total. The van der Waals surface area contributed by atoms with Crippen LogP contribution in [-0.2, 0) is 0 Å². The van der Waals surface area contributed by atoms with Gasteiger partial charge in [-0.2, -0.15) is 0 Å². The van der Waals surface area contributed by atoms with Crippen molar-refractivity contribution >= 4 is 40.5 Å². The van der Waals surface area contributed by atoms with Gasteiger partial charge in [-0.15, -0.1) is 0 Å². The number of benzene rings is 2. The molecule has 0 saturated carbocycles. The van der Waals surface area contributed by atoms with Gasteiger partial charge in [0.15, 0.2) is 0 Å². The number of hydrogen-bond acceptors (Lipinski definition) is 5. The normalized spacial score (nSPS) is 10.2. The molecule has 126 valence electrons. The Kier molecular flexibility index (Phi) is 5.48. The minimum Gasteiger partial charge on any atom is -0.494 e. The number of methoxy groups -OCH3 is 2. The zero-order valence-electron chi connectivity index (χ0n) is 12.6. The van der Waals surface area contributed by atoms with Crippen LogP contribution in [0.15, 0.2) is 30.3 Å². The van der Waals surface area contributed by atoms with E-state index >= 15 is 0 Å². The van der Waals surface area contributed by atoms with Crippen LogP contribution >= 0.6 is 23.2 Å². The van der Waals surface area contributed by atoms with Crippen molar-refractivity contribution < 1.29 is 19.2 Å². The number of hydrogen-bond donors (Lipinski definition) is 1. The van der Waals surface area contributed by atoms with E-state index in [0.29, 0.717) is 0 Å². The molecule has 0 radical (unpaired) electrons. The topological polar surface area (TPSA) is 90.7 Å². The third kappa shape index (κ3) is 3.69. The number of nitrogens with one attached hydrogen (secondary N) is 1. The van der Waals surface area contributed by atoms with E-state index in [1.165, 1.54) is 44.6 Å². The van der Waals surface area contributed by atoms with Crippen molar-refractivity contribution in [2.45, 2.75) is 0 Å². The van der Waals surface area contributed by atoms with Crippen LogP contribution in [-0.4, -0.2) is 25.1 Å². The molecule has 0 heterocycles. The molecule has 0 bridgehead atoms. The Labute approximate surface area is 147 Å². The third-order valence-electron chi connectivity index (χ3n) is 3.10. The number of nitro benzene ring substituents is 1. The number of nitrogens with zero attached hydrogens (tertiary/aromatic N) is 1. The van der Waals surface area contributed by atoms with Gasteiger partial charge < -0.3 is 14.8 Å². The maximum Gasteiger partial charge on any atom is 0.273 e. The summed E-state index contributed by atoms with van der Waals surface area (Å²) in [5.74, 6) is -0.243. The number of non-ortho nitro benzene ring substituents is 1. The van der Waals surface area contributed by atoms with Crippen LogP contribution < -0.4 is 14.8 Å². The summed E-state index contributed by atoms with van der Waals surface area (Å²) in [6, 6.07) is 6.68. The second kappa shape index (κ2) is 7.37. The SMILES string of the molecule is COc1cc([N+](=O)[O-])ccc1NC(=O)c1cc(Cl)cc(Cl)c1OC. The van der Waals surface area contributed by atoms with Crippen molar-refractivity contribution in [2.75, 3.05) is 19.5 Å². The number of halogens is 2. The Hall–Kier alpha value is -2.51. The standard InChI is InChI=1S/C15H12Cl2N2O5/c1-23-13-7-9(19(21)22)3-4-12(13)18-15(20)10-5-8(16)6-11(17)14(10)24-2/h3-7H,1-2H3,(H,18,20). The van der Waals surface area contributed by atoms with Crippen molar-refractivity contribution in [3.63, 3.8) is 0 Å². The van der Waals surface area contributed by atoms with Gasteiger partial charge in [0.25, 0.3) is 11.6 Å². The molecule has 2 aromatic rings. The molecule has 24 heavy (non-hydrogen) atoms. The summed E-state index contributed by atoms with van der Waals surface area (Å²) in [4.78, 5) is 22.7. The molecule has 0 atom stereocenters. The molecule has 0 aliphatic carbocycles. The summed E-state index contributed by atoms with van der Waals surface area (Å²) in [7, 11) is 2.71. The van der Waals surface area contributed by atoms with E-state index in [9.17, 15) is 14.9 Å². The molecule has 0 spiro atoms. The van der Waals surface area contributed by atoms with Gasteiger partial charge in [0.05, 0.1) is 41.5 Å². The number of amides is 1. The quantitative estimate of drug-likeness (QED) is 0.629. The molecular formula is C15H12Cl2N2O5. The van der Waals surface area contributed by atoms with Crippen LogP contribution in [0.5, 0.6) is 11.5 Å². The van der Waals surface area contributed by atoms with Gasteiger partial charge in [0, 0.05) is 11.1 Å². The van der Waals surface area contributed by atoms with Crippen LogP contribution in [0, 0.1) is 10.1 Å². The molecule has 0 aliphatic heterocycles. The largest absolute Gasteiger partial charge is 0.494 e. The first kappa shape index (κ1) is 17.8. The van der Waals surface area contributed by atoms with Crippen molar-refractivity contribution in [3.05, 3.63) is 56.1 Å². The van der Waals surface area contributed by atoms with E-state index in [1.807, 2.05) is 0 Å². The minimum absolute atomic E-state index is 0.121. The Morgan fingerprint density at radius 2 is 1.88 bits per heavy atom. The number of carbonyl (C=O) groups excluding carboxylic acids is 1. The average Bonchev–Trinajstić information content (AvgIpc) is 2.54. The van der Waals surface area contributed by atoms with E-state index in [2.05, 4.69) is 5.32 Å². The molecule has 9 heteroatoms. The lowest BCUT2D eigenvalue weighted by atomic mass is 10.1. The van der Waals surface area contributed by atoms with Crippen LogP contribution in [0.1, 0.15) is 10.4 Å². The fourth-order valence-electron chi connectivity index (χ4n) is 2.02. The Morgan fingerprint density at radius 1 is 1.17 bits per heavy atom. The Balaban J connectivity index is 2.39. The molecule has 2 rings (SSSR count). The highest BCUT2D eigenvalue weighted by atomic mass is 35.5. The number of carbonyl (C=O) groups is 1. The van der Waals surface area contributed by atoms with Crippen LogP contribution in [0.3, 0.4) is 0 Å². The Bertz CT molecular complexity index is 811. The van der Waals surface area contributed by atoms with Gasteiger partial charge in [-0.05, 0) is 18.2 Å². The summed E-state index contributed by atoms with van der Waals surface area (Å²) < 4.78 is 10.2. The van der Waals surface area contributed by atoms with Crippen molar-refractivity contribution in [3.8, 4) is 11.5 Å². The zero-order chi connectivity index (χ0) is 17.9. The lowest BCUT2D eigenvalue weighted by molar-refractivity contribution is -0.384. The summed E-state index contributed by atoms with van der Waals surface area (Å²) in [6.07, 6.45) is 0. The molecule has 0 unspecified atom stereocenters. The number of nitro groups is 1. The molecule has 1 amide bonds. The van der Waals surface area contributed by atoms with Gasteiger partial charge in [-0.1, -0.05) is 23.2 Å². The molecule has 2 aromatic carbocycles. The fourth-order valence-corrected chi connectivity index (χ4v) is 2.59. The molecule has 0 fully saturated rings. The number of anilines is 1. The second-order valence-corrected chi connectivity index (χ2v) is 5.41. The lowest BCUT2D eigenvalue weighted by Crippen LogP contribution is -2.14. The second-order valence-electron chi connectivity index (χ2n) is 4.56. The third-order valence-corrected chi connectivity index (χ3v) is 3.60. The van der Waals surface area contributed by atoms with E-state index < -0.39 is 10.8 Å². The van der Waals surface area contributed by atoms with E-state index in [1.54, 1.807) is 0 Å². The van der Waals surface area contributed by atoms with Crippen LogP contribution in [0.4, 0.5) is 11.4 Å². The van der Waals surface area contributed by atoms with Gasteiger partial charge in [-0.25, -0.2) is 0 Å². The monoisotopic (exact) mass is 370 g/mol. The van der Waals surface area contributed by atoms with Gasteiger partial charge in [0.1, 0.15) is 11.5 Å². The average molecular weight is 371 g/mol. The van der Waals surface area contributed by atoms with Gasteiger partial charge in [0.2, 0.25) is 0 Å². The van der Waals surface area contributed by atoms with E-state index in [4.69, 9.17) is 32.7 Å². The maximum atomic E-state index is 12.5. The molecule has 0 saturated heterocycles. The van der Waals surface area contributed by atoms with Crippen LogP contribution in [0.25, 0.3) is 0 Å². The van der Waals surface area contributed by atoms with E-state index in [-0.39, 0.29) is 38.5 Å². The summed E-state index contributed by atoms with van der Waals surface area (Å²) >= 11 is 11.9. The highest BCUT2D eigenvalue weighted by Crippen LogP contribution is 2.34. The number of rotatable bonds is 5. The predicted octanol–water partition coefficient (Wildman–Crippen LogP) is 4.17. The highest BCUT2D eigenvalue weighted by molar-refractivity contribution is 6.36. The summed E-state index contributed by atoms with van der Waals surface area (Å²) in [5, 5.41) is 13.8. The molecule has 0 aliphatic rings. The van der Waals surface area contributed by atoms with Gasteiger partial charge >= 0.3 is 0 Å². The first-order chi connectivity index (χ1) is 11.4. The highest BCUT2D eigenvalue weighted by Gasteiger charge is 2.19. The van der Waals surface area contributed by atoms with Crippen molar-refractivity contribution in [1.29, 1.82) is 0 Å². The van der Waals surface area contributed by atoms with Crippen molar-refractivity contribution in [1.82, 2.24) is 0 Å². The zero-order valence-corrected chi connectivity index (χ0v) is 14.1. The minimum atomic E-state index is -0.562. The summed E-state index contributed by atoms with van der Waals surface area (Å²) in [5.41, 5.74) is 0.217. The molecule has 1 N–H and O–H groups in total. The predicted molar refractivity (Wildman–Crippen MR) is 90.6 cm³/mol. The lowest BCUT2D eigenvalue weighted by Gasteiger charge is -2.13. The van der Waals surface area contributed by atoms with Crippen molar-refractivity contribution in [2.24, 2.45) is 0 Å². The maximum absolute atomic E-state index is 12.5. The van der Waals surface area contributed by atoms with Gasteiger partial charge in [-0.3, -0.25) is 14.9 Å².